The van der Waals surface area contributed by atoms with Crippen molar-refractivity contribution in [3.63, 3.8) is 0 Å². The topological polar surface area (TPSA) is 67.1 Å². The first kappa shape index (κ1) is 13.7. The van der Waals surface area contributed by atoms with Crippen LogP contribution in [0.2, 0.25) is 0 Å². The van der Waals surface area contributed by atoms with Gasteiger partial charge in [-0.1, -0.05) is 20.8 Å². The van der Waals surface area contributed by atoms with Crippen LogP contribution in [-0.2, 0) is 6.42 Å². The van der Waals surface area contributed by atoms with Crippen molar-refractivity contribution in [3.05, 3.63) is 11.9 Å². The molecule has 0 spiro atoms. The van der Waals surface area contributed by atoms with Gasteiger partial charge in [-0.3, -0.25) is 0 Å². The van der Waals surface area contributed by atoms with Crippen LogP contribution in [0.3, 0.4) is 0 Å². The maximum Gasteiger partial charge on any atom is 0.148 e. The average Bonchev–Trinajstić information content (AvgIpc) is 2.35. The van der Waals surface area contributed by atoms with Crippen molar-refractivity contribution >= 4 is 11.6 Å². The predicted molar refractivity (Wildman–Crippen MR) is 71.9 cm³/mol. The van der Waals surface area contributed by atoms with E-state index in [-0.39, 0.29) is 0 Å². The molecule has 1 rings (SSSR count). The Bertz CT molecular complexity index is 364. The molecule has 0 fully saturated rings. The molecule has 5 nitrogen and oxygen atoms in total. The fourth-order valence-electron chi connectivity index (χ4n) is 1.80. The minimum atomic E-state index is 0.417. The molecule has 0 amide bonds. The van der Waals surface area contributed by atoms with Crippen LogP contribution in [0, 0.1) is 5.92 Å². The first-order valence-electron chi connectivity index (χ1n) is 6.06. The van der Waals surface area contributed by atoms with Crippen molar-refractivity contribution in [2.45, 2.75) is 40.2 Å². The number of nitrogens with one attached hydrogen (secondary N) is 1. The molecule has 0 bridgehead atoms. The van der Waals surface area contributed by atoms with Crippen molar-refractivity contribution in [1.82, 2.24) is 9.97 Å². The van der Waals surface area contributed by atoms with E-state index in [9.17, 15) is 0 Å². The summed E-state index contributed by atoms with van der Waals surface area (Å²) in [5, 5.41) is 0. The van der Waals surface area contributed by atoms with Gasteiger partial charge in [0.05, 0.1) is 0 Å². The molecule has 0 aliphatic carbocycles. The third-order valence-electron chi connectivity index (χ3n) is 3.32. The molecule has 1 aromatic rings. The quantitative estimate of drug-likeness (QED) is 0.604. The zero-order valence-electron chi connectivity index (χ0n) is 11.4. The van der Waals surface area contributed by atoms with E-state index >= 15 is 0 Å². The summed E-state index contributed by atoms with van der Waals surface area (Å²) >= 11 is 0. The third-order valence-corrected chi connectivity index (χ3v) is 3.32. The summed E-state index contributed by atoms with van der Waals surface area (Å²) in [6.07, 6.45) is 2.40. The highest BCUT2D eigenvalue weighted by molar-refractivity contribution is 5.58. The fraction of sp³-hybridized carbons (Fsp3) is 0.667. The Morgan fingerprint density at radius 3 is 2.47 bits per heavy atom. The van der Waals surface area contributed by atoms with Gasteiger partial charge >= 0.3 is 0 Å². The van der Waals surface area contributed by atoms with Gasteiger partial charge in [-0.2, -0.15) is 0 Å². The molecule has 0 saturated heterocycles. The van der Waals surface area contributed by atoms with Crippen molar-refractivity contribution in [2.24, 2.45) is 11.8 Å². The van der Waals surface area contributed by atoms with E-state index in [1.807, 2.05) is 0 Å². The SMILES string of the molecule is CCc1c(NN)ncnc1N(C)C(C)C(C)C. The number of hydrazine groups is 1. The first-order valence-corrected chi connectivity index (χ1v) is 6.06. The molecule has 1 heterocycles. The molecule has 0 aliphatic heterocycles. The Balaban J connectivity index is 3.12. The van der Waals surface area contributed by atoms with Crippen LogP contribution in [-0.4, -0.2) is 23.1 Å². The standard InChI is InChI=1S/C12H23N5/c1-6-10-11(16-13)14-7-15-12(10)17(5)9(4)8(2)3/h7-9H,6,13H2,1-5H3,(H,14,15,16). The number of hydrogen-bond donors (Lipinski definition) is 2. The summed E-state index contributed by atoms with van der Waals surface area (Å²) < 4.78 is 0. The van der Waals surface area contributed by atoms with Gasteiger partial charge < -0.3 is 10.3 Å². The second-order valence-corrected chi connectivity index (χ2v) is 4.62. The molecule has 1 atom stereocenters. The Morgan fingerprint density at radius 2 is 2.00 bits per heavy atom. The summed E-state index contributed by atoms with van der Waals surface area (Å²) in [6.45, 7) is 8.69. The Kier molecular flexibility index (Phi) is 4.69. The molecule has 0 saturated carbocycles. The summed E-state index contributed by atoms with van der Waals surface area (Å²) in [5.41, 5.74) is 3.69. The number of hydrogen-bond acceptors (Lipinski definition) is 5. The van der Waals surface area contributed by atoms with Gasteiger partial charge in [-0.05, 0) is 19.3 Å². The highest BCUT2D eigenvalue weighted by Gasteiger charge is 2.19. The monoisotopic (exact) mass is 237 g/mol. The minimum absolute atomic E-state index is 0.417. The average molecular weight is 237 g/mol. The van der Waals surface area contributed by atoms with Crippen LogP contribution in [0.5, 0.6) is 0 Å². The van der Waals surface area contributed by atoms with Gasteiger partial charge in [-0.15, -0.1) is 0 Å². The van der Waals surface area contributed by atoms with Gasteiger partial charge in [-0.25, -0.2) is 15.8 Å². The van der Waals surface area contributed by atoms with Crippen LogP contribution >= 0.6 is 0 Å². The molecule has 5 heteroatoms. The van der Waals surface area contributed by atoms with Crippen molar-refractivity contribution < 1.29 is 0 Å². The van der Waals surface area contributed by atoms with Gasteiger partial charge in [0.15, 0.2) is 0 Å². The molecular formula is C12H23N5. The van der Waals surface area contributed by atoms with Crippen molar-refractivity contribution in [2.75, 3.05) is 17.4 Å². The summed E-state index contributed by atoms with van der Waals surface area (Å²) in [6, 6.07) is 0.417. The van der Waals surface area contributed by atoms with E-state index < -0.39 is 0 Å². The molecule has 0 aromatic carbocycles. The second kappa shape index (κ2) is 5.82. The number of rotatable bonds is 5. The Labute approximate surface area is 103 Å². The maximum absolute atomic E-state index is 5.47. The lowest BCUT2D eigenvalue weighted by molar-refractivity contribution is 0.501. The molecular weight excluding hydrogens is 214 g/mol. The van der Waals surface area contributed by atoms with Crippen LogP contribution in [0.15, 0.2) is 6.33 Å². The summed E-state index contributed by atoms with van der Waals surface area (Å²) in [5.74, 6) is 7.70. The van der Waals surface area contributed by atoms with E-state index in [0.29, 0.717) is 17.8 Å². The largest absolute Gasteiger partial charge is 0.356 e. The van der Waals surface area contributed by atoms with Gasteiger partial charge in [0.1, 0.15) is 18.0 Å². The maximum atomic E-state index is 5.47. The molecule has 1 unspecified atom stereocenters. The fourth-order valence-corrected chi connectivity index (χ4v) is 1.80. The number of aromatic nitrogens is 2. The van der Waals surface area contributed by atoms with Gasteiger partial charge in [0.25, 0.3) is 0 Å². The highest BCUT2D eigenvalue weighted by atomic mass is 15.3. The normalized spacial score (nSPS) is 12.6. The lowest BCUT2D eigenvalue weighted by Gasteiger charge is -2.30. The number of nitrogens with two attached hydrogens (primary N) is 1. The molecule has 96 valence electrons. The number of nitrogen functional groups attached to an aromatic ring is 1. The van der Waals surface area contributed by atoms with E-state index in [4.69, 9.17) is 5.84 Å². The van der Waals surface area contributed by atoms with E-state index in [1.165, 1.54) is 0 Å². The lowest BCUT2D eigenvalue weighted by Crippen LogP contribution is -2.34. The van der Waals surface area contributed by atoms with E-state index in [1.54, 1.807) is 6.33 Å². The number of nitrogens with zero attached hydrogens (tertiary/aromatic N) is 3. The molecule has 1 aromatic heterocycles. The summed E-state index contributed by atoms with van der Waals surface area (Å²) in [4.78, 5) is 10.7. The predicted octanol–water partition coefficient (Wildman–Crippen LogP) is 1.81. The van der Waals surface area contributed by atoms with E-state index in [2.05, 4.69) is 55.0 Å². The van der Waals surface area contributed by atoms with Crippen LogP contribution < -0.4 is 16.2 Å². The summed E-state index contributed by atoms with van der Waals surface area (Å²) in [7, 11) is 2.06. The van der Waals surface area contributed by atoms with Crippen molar-refractivity contribution in [1.29, 1.82) is 0 Å². The second-order valence-electron chi connectivity index (χ2n) is 4.62. The minimum Gasteiger partial charge on any atom is -0.356 e. The molecule has 0 radical (unpaired) electrons. The number of anilines is 2. The smallest absolute Gasteiger partial charge is 0.148 e. The highest BCUT2D eigenvalue weighted by Crippen LogP contribution is 2.25. The molecule has 3 N–H and O–H groups in total. The third kappa shape index (κ3) is 2.85. The van der Waals surface area contributed by atoms with Crippen molar-refractivity contribution in [3.8, 4) is 0 Å². The lowest BCUT2D eigenvalue weighted by atomic mass is 10.0. The Morgan fingerprint density at radius 1 is 1.35 bits per heavy atom. The van der Waals surface area contributed by atoms with Crippen LogP contribution in [0.1, 0.15) is 33.3 Å². The zero-order chi connectivity index (χ0) is 13.0. The zero-order valence-corrected chi connectivity index (χ0v) is 11.4. The van der Waals surface area contributed by atoms with Crippen LogP contribution in [0.25, 0.3) is 0 Å². The van der Waals surface area contributed by atoms with Gasteiger partial charge in [0, 0.05) is 18.7 Å². The van der Waals surface area contributed by atoms with Crippen LogP contribution in [0.4, 0.5) is 11.6 Å². The van der Waals surface area contributed by atoms with E-state index in [0.717, 1.165) is 17.8 Å². The first-order chi connectivity index (χ1) is 8.02. The molecule has 0 aliphatic rings. The Hall–Kier alpha value is -1.36. The van der Waals surface area contributed by atoms with Gasteiger partial charge in [0.2, 0.25) is 0 Å². The molecule has 17 heavy (non-hydrogen) atoms.